The van der Waals surface area contributed by atoms with Gasteiger partial charge in [0.15, 0.2) is 0 Å². The van der Waals surface area contributed by atoms with Crippen molar-refractivity contribution in [2.45, 2.75) is 128 Å². The maximum absolute atomic E-state index is 14.5. The first-order valence-electron chi connectivity index (χ1n) is 14.2. The van der Waals surface area contributed by atoms with Crippen molar-refractivity contribution in [1.82, 2.24) is 0 Å². The molecule has 0 atom stereocenters. The van der Waals surface area contributed by atoms with E-state index in [1.165, 1.54) is 0 Å². The van der Waals surface area contributed by atoms with E-state index in [-0.39, 0.29) is 42.1 Å². The van der Waals surface area contributed by atoms with Crippen LogP contribution in [0.2, 0.25) is 0 Å². The van der Waals surface area contributed by atoms with Crippen LogP contribution in [0.5, 0.6) is 0 Å². The summed E-state index contributed by atoms with van der Waals surface area (Å²) in [5.41, 5.74) is 0. The zero-order valence-electron chi connectivity index (χ0n) is 20.6. The average molecular weight is 517 g/mol. The Morgan fingerprint density at radius 1 is 0.333 bits per heavy atom. The minimum atomic E-state index is -4.86. The number of hydrogen-bond donors (Lipinski definition) is 0. The Bertz CT molecular complexity index is 595. The molecule has 0 aromatic rings. The Morgan fingerprint density at radius 2 is 0.515 bits per heavy atom. The molecule has 4 fully saturated rings. The molecule has 0 aromatic carbocycles. The maximum atomic E-state index is 14.5. The van der Waals surface area contributed by atoms with Crippen molar-refractivity contribution in [3.63, 3.8) is 0 Å². The van der Waals surface area contributed by atoms with Gasteiger partial charge < -0.3 is 0 Å². The summed E-state index contributed by atoms with van der Waals surface area (Å²) in [4.78, 5) is 58.0. The summed E-state index contributed by atoms with van der Waals surface area (Å²) in [6.45, 7) is 0. The van der Waals surface area contributed by atoms with Crippen LogP contribution in [0.4, 0.5) is 0 Å². The summed E-state index contributed by atoms with van der Waals surface area (Å²) in [6, 6.07) is 0. The van der Waals surface area contributed by atoms with Gasteiger partial charge in [-0.1, -0.05) is 0 Å². The third-order valence-corrected chi connectivity index (χ3v) is 19.0. The number of carbonyl (C=O) groups excluding carboxylic acids is 4. The quantitative estimate of drug-likeness (QED) is 0.360. The normalized spacial score (nSPS) is 25.0. The van der Waals surface area contributed by atoms with Crippen LogP contribution in [-0.2, 0) is 19.2 Å². The molecule has 0 unspecified atom stereocenters. The van der Waals surface area contributed by atoms with Crippen LogP contribution in [-0.4, -0.2) is 31.7 Å². The van der Waals surface area contributed by atoms with Gasteiger partial charge in [0.05, 0.1) is 0 Å². The van der Waals surface area contributed by atoms with E-state index in [1.807, 2.05) is 0 Å². The van der Waals surface area contributed by atoms with Gasteiger partial charge in [0.2, 0.25) is 0 Å². The van der Waals surface area contributed by atoms with Crippen molar-refractivity contribution in [1.29, 1.82) is 0 Å². The molecule has 33 heavy (non-hydrogen) atoms. The van der Waals surface area contributed by atoms with Crippen LogP contribution in [0.25, 0.3) is 0 Å². The first kappa shape index (κ1) is 25.3. The van der Waals surface area contributed by atoms with Crippen LogP contribution >= 0.6 is 0 Å². The van der Waals surface area contributed by atoms with Crippen molar-refractivity contribution >= 4 is 31.7 Å². The fourth-order valence-corrected chi connectivity index (χ4v) is 18.0. The zero-order valence-corrected chi connectivity index (χ0v) is 22.7. The molecule has 184 valence electrons. The van der Waals surface area contributed by atoms with E-state index < -0.39 is 13.3 Å². The summed E-state index contributed by atoms with van der Waals surface area (Å²) in [7, 11) is 0. The van der Waals surface area contributed by atoms with Gasteiger partial charge in [0, 0.05) is 0 Å². The summed E-state index contributed by atoms with van der Waals surface area (Å²) in [5, 5.41) is 0. The Kier molecular flexibility index (Phi) is 9.03. The number of rotatable bonds is 8. The van der Waals surface area contributed by atoms with E-state index in [1.54, 1.807) is 0 Å². The van der Waals surface area contributed by atoms with Crippen LogP contribution in [0.1, 0.15) is 128 Å². The van der Waals surface area contributed by atoms with Crippen LogP contribution in [0.15, 0.2) is 0 Å². The molecule has 0 spiro atoms. The molecule has 0 aromatic heterocycles. The molecule has 0 bridgehead atoms. The van der Waals surface area contributed by atoms with Gasteiger partial charge in [0.1, 0.15) is 0 Å². The predicted molar refractivity (Wildman–Crippen MR) is 132 cm³/mol. The molecule has 0 amide bonds. The summed E-state index contributed by atoms with van der Waals surface area (Å²) in [5.74, 6) is -0.865. The summed E-state index contributed by atoms with van der Waals surface area (Å²) >= 11 is -4.86. The van der Waals surface area contributed by atoms with Crippen LogP contribution in [0.3, 0.4) is 0 Å². The van der Waals surface area contributed by atoms with Crippen molar-refractivity contribution in [2.75, 3.05) is 0 Å². The van der Waals surface area contributed by atoms with Crippen LogP contribution in [0, 0.1) is 23.7 Å². The van der Waals surface area contributed by atoms with E-state index in [2.05, 4.69) is 0 Å². The molecule has 4 aliphatic rings. The first-order chi connectivity index (χ1) is 16.1. The van der Waals surface area contributed by atoms with Crippen LogP contribution < -0.4 is 0 Å². The second kappa shape index (κ2) is 11.8. The molecule has 0 aliphatic heterocycles. The van der Waals surface area contributed by atoms with E-state index in [0.717, 1.165) is 128 Å². The summed E-state index contributed by atoms with van der Waals surface area (Å²) < 4.78 is -0.347. The third kappa shape index (κ3) is 5.26. The standard InChI is InChI=1S/C28H44GeO4/c30-25(21-13-5-1-6-14-21)29(26(31)22-15-7-2-8-16-22,27(32)23-17-9-3-10-18-23)28(33)24-19-11-4-12-20-24/h21-24H,1-20H2. The monoisotopic (exact) mass is 518 g/mol. The van der Waals surface area contributed by atoms with Gasteiger partial charge in [-0.3, -0.25) is 0 Å². The average Bonchev–Trinajstić information content (AvgIpc) is 2.90. The molecular weight excluding hydrogens is 473 g/mol. The van der Waals surface area contributed by atoms with Gasteiger partial charge in [0.25, 0.3) is 0 Å². The second-order valence-electron chi connectivity index (χ2n) is 11.5. The molecule has 4 aliphatic carbocycles. The first-order valence-corrected chi connectivity index (χ1v) is 18.4. The fourth-order valence-electron chi connectivity index (χ4n) is 7.41. The Labute approximate surface area is 202 Å². The molecule has 0 N–H and O–H groups in total. The predicted octanol–water partition coefficient (Wildman–Crippen LogP) is 6.19. The van der Waals surface area contributed by atoms with E-state index >= 15 is 0 Å². The Balaban J connectivity index is 1.78. The van der Waals surface area contributed by atoms with E-state index in [4.69, 9.17) is 0 Å². The van der Waals surface area contributed by atoms with Gasteiger partial charge in [-0.2, -0.15) is 0 Å². The van der Waals surface area contributed by atoms with E-state index in [9.17, 15) is 19.2 Å². The van der Waals surface area contributed by atoms with E-state index in [0.29, 0.717) is 0 Å². The van der Waals surface area contributed by atoms with Crippen molar-refractivity contribution < 1.29 is 19.2 Å². The SMILES string of the molecule is O=[C](C1CCCCC1)[Ge]([C](=O)C1CCCCC1)([C](=O)C1CCCCC1)[C](=O)C1CCCCC1. The molecule has 4 rings (SSSR count). The zero-order chi connectivity index (χ0) is 23.3. The molecule has 4 saturated carbocycles. The Hall–Kier alpha value is -0.777. The Morgan fingerprint density at radius 3 is 0.697 bits per heavy atom. The van der Waals surface area contributed by atoms with Crippen molar-refractivity contribution in [2.24, 2.45) is 23.7 Å². The molecule has 0 radical (unpaired) electrons. The third-order valence-electron chi connectivity index (χ3n) is 9.38. The molecule has 5 heteroatoms. The van der Waals surface area contributed by atoms with Crippen molar-refractivity contribution in [3.8, 4) is 0 Å². The van der Waals surface area contributed by atoms with Gasteiger partial charge in [-0.25, -0.2) is 0 Å². The second-order valence-corrected chi connectivity index (χ2v) is 18.8. The molecular formula is C28H44GeO4. The minimum absolute atomic E-state index is 0.0866. The van der Waals surface area contributed by atoms with Crippen molar-refractivity contribution in [3.05, 3.63) is 0 Å². The topological polar surface area (TPSA) is 68.3 Å². The van der Waals surface area contributed by atoms with Gasteiger partial charge in [-0.05, 0) is 0 Å². The molecule has 0 saturated heterocycles. The fraction of sp³-hybridized carbons (Fsp3) is 0.857. The number of carbonyl (C=O) groups is 4. The van der Waals surface area contributed by atoms with Gasteiger partial charge >= 0.3 is 203 Å². The summed E-state index contributed by atoms with van der Waals surface area (Å²) in [6.07, 6.45) is 18.6. The number of hydrogen-bond acceptors (Lipinski definition) is 4. The molecule has 0 heterocycles. The van der Waals surface area contributed by atoms with Gasteiger partial charge in [-0.15, -0.1) is 0 Å². The molecule has 4 nitrogen and oxygen atoms in total.